The van der Waals surface area contributed by atoms with Gasteiger partial charge in [0.1, 0.15) is 5.78 Å². The molecule has 1 nitrogen and oxygen atoms in total. The Bertz CT molecular complexity index is 302. The fraction of sp³-hybridized carbons (Fsp3) is 0.769. The summed E-state index contributed by atoms with van der Waals surface area (Å²) in [5, 5.41) is 0. The molecule has 0 amide bonds. The lowest BCUT2D eigenvalue weighted by molar-refractivity contribution is -0.121. The molecule has 3 aliphatic rings. The van der Waals surface area contributed by atoms with Gasteiger partial charge in [-0.25, -0.2) is 0 Å². The summed E-state index contributed by atoms with van der Waals surface area (Å²) in [7, 11) is 0. The number of hydrogen-bond donors (Lipinski definition) is 0. The number of carbonyl (C=O) groups excluding carboxylic acids is 1. The summed E-state index contributed by atoms with van der Waals surface area (Å²) in [5.41, 5.74) is 0. The molecule has 5 atom stereocenters. The van der Waals surface area contributed by atoms with Crippen LogP contribution in [0.15, 0.2) is 12.2 Å². The number of hydrogen-bond acceptors (Lipinski definition) is 1. The topological polar surface area (TPSA) is 17.1 Å². The van der Waals surface area contributed by atoms with Crippen LogP contribution in [0.5, 0.6) is 0 Å². The smallest absolute Gasteiger partial charge is 0.137 e. The molecule has 0 aromatic carbocycles. The van der Waals surface area contributed by atoms with Gasteiger partial charge in [0, 0.05) is 12.3 Å². The lowest BCUT2D eigenvalue weighted by atomic mass is 9.77. The first kappa shape index (κ1) is 8.70. The third kappa shape index (κ3) is 0.933. The Morgan fingerprint density at radius 3 is 2.71 bits per heavy atom. The largest absolute Gasteiger partial charge is 0.299 e. The van der Waals surface area contributed by atoms with Crippen LogP contribution >= 0.6 is 0 Å². The number of carbonyl (C=O) groups is 1. The standard InChI is InChI=1S/C13H18O/c1-7(2)10-6-11(14)13-9-4-3-8(5-9)12(10)13/h3-4,7-10,12-13H,5-6H2,1-2H3/t8-,9+,10-,12-,13+/m0/s1. The molecule has 3 aliphatic carbocycles. The number of Topliss-reactive ketones (excluding diaryl/α,β-unsaturated/α-hetero) is 1. The Balaban J connectivity index is 1.95. The molecule has 0 aliphatic heterocycles. The molecular formula is C13H18O. The third-order valence-electron chi connectivity index (χ3n) is 4.68. The quantitative estimate of drug-likeness (QED) is 0.581. The molecule has 0 saturated heterocycles. The van der Waals surface area contributed by atoms with E-state index in [-0.39, 0.29) is 0 Å². The van der Waals surface area contributed by atoms with Gasteiger partial charge in [0.15, 0.2) is 0 Å². The Labute approximate surface area is 85.6 Å². The first-order chi connectivity index (χ1) is 6.68. The predicted octanol–water partition coefficient (Wildman–Crippen LogP) is 2.67. The van der Waals surface area contributed by atoms with Gasteiger partial charge in [0.25, 0.3) is 0 Å². The normalized spacial score (nSPS) is 49.4. The molecule has 14 heavy (non-hydrogen) atoms. The summed E-state index contributed by atoms with van der Waals surface area (Å²) in [5.74, 6) is 4.39. The maximum atomic E-state index is 11.9. The molecular weight excluding hydrogens is 172 g/mol. The zero-order chi connectivity index (χ0) is 9.87. The van der Waals surface area contributed by atoms with Crippen molar-refractivity contribution in [3.63, 3.8) is 0 Å². The van der Waals surface area contributed by atoms with Gasteiger partial charge in [-0.05, 0) is 36.0 Å². The second kappa shape index (κ2) is 2.71. The Morgan fingerprint density at radius 1 is 1.29 bits per heavy atom. The SMILES string of the molecule is CC(C)[C@@H]1CC(=O)[C@@H]2[C@H]1[C@H]1C=C[C@@H]2C1. The van der Waals surface area contributed by atoms with Gasteiger partial charge in [-0.2, -0.15) is 0 Å². The van der Waals surface area contributed by atoms with E-state index in [9.17, 15) is 4.79 Å². The highest BCUT2D eigenvalue weighted by Crippen LogP contribution is 2.57. The molecule has 0 spiro atoms. The lowest BCUT2D eigenvalue weighted by Gasteiger charge is -2.27. The van der Waals surface area contributed by atoms with Crippen molar-refractivity contribution in [2.75, 3.05) is 0 Å². The first-order valence-electron chi connectivity index (χ1n) is 5.89. The van der Waals surface area contributed by atoms with Crippen LogP contribution in [0.4, 0.5) is 0 Å². The second-order valence-corrected chi connectivity index (χ2v) is 5.63. The number of fused-ring (bicyclic) bond motifs is 5. The highest BCUT2D eigenvalue weighted by atomic mass is 16.1. The van der Waals surface area contributed by atoms with Crippen molar-refractivity contribution in [1.82, 2.24) is 0 Å². The molecule has 0 unspecified atom stereocenters. The summed E-state index contributed by atoms with van der Waals surface area (Å²) in [6.45, 7) is 4.55. The molecule has 0 aromatic rings. The van der Waals surface area contributed by atoms with Crippen molar-refractivity contribution >= 4 is 5.78 Å². The van der Waals surface area contributed by atoms with Crippen molar-refractivity contribution in [2.24, 2.45) is 35.5 Å². The van der Waals surface area contributed by atoms with E-state index >= 15 is 0 Å². The molecule has 0 heterocycles. The Morgan fingerprint density at radius 2 is 2.00 bits per heavy atom. The van der Waals surface area contributed by atoms with Crippen molar-refractivity contribution in [3.05, 3.63) is 12.2 Å². The average Bonchev–Trinajstić information content (AvgIpc) is 2.75. The lowest BCUT2D eigenvalue weighted by Crippen LogP contribution is -2.24. The highest BCUT2D eigenvalue weighted by Gasteiger charge is 2.55. The van der Waals surface area contributed by atoms with E-state index in [4.69, 9.17) is 0 Å². The van der Waals surface area contributed by atoms with Crippen LogP contribution in [-0.2, 0) is 4.79 Å². The van der Waals surface area contributed by atoms with E-state index in [2.05, 4.69) is 26.0 Å². The van der Waals surface area contributed by atoms with Gasteiger partial charge < -0.3 is 0 Å². The number of allylic oxidation sites excluding steroid dienone is 2. The second-order valence-electron chi connectivity index (χ2n) is 5.63. The van der Waals surface area contributed by atoms with E-state index in [1.165, 1.54) is 6.42 Å². The summed E-state index contributed by atoms with van der Waals surface area (Å²) >= 11 is 0. The summed E-state index contributed by atoms with van der Waals surface area (Å²) < 4.78 is 0. The van der Waals surface area contributed by atoms with Crippen LogP contribution in [-0.4, -0.2) is 5.78 Å². The van der Waals surface area contributed by atoms with Crippen molar-refractivity contribution < 1.29 is 4.79 Å². The zero-order valence-electron chi connectivity index (χ0n) is 8.94. The molecule has 2 bridgehead atoms. The number of rotatable bonds is 1. The first-order valence-corrected chi connectivity index (χ1v) is 5.89. The molecule has 1 heteroatoms. The summed E-state index contributed by atoms with van der Waals surface area (Å²) in [4.78, 5) is 11.9. The fourth-order valence-corrected chi connectivity index (χ4v) is 4.08. The molecule has 3 rings (SSSR count). The van der Waals surface area contributed by atoms with E-state index in [0.717, 1.165) is 12.3 Å². The van der Waals surface area contributed by atoms with Gasteiger partial charge in [-0.15, -0.1) is 0 Å². The van der Waals surface area contributed by atoms with Crippen molar-refractivity contribution in [3.8, 4) is 0 Å². The van der Waals surface area contributed by atoms with Gasteiger partial charge in [0.2, 0.25) is 0 Å². The van der Waals surface area contributed by atoms with E-state index in [1.807, 2.05) is 0 Å². The summed E-state index contributed by atoms with van der Waals surface area (Å²) in [6.07, 6.45) is 6.80. The Kier molecular flexibility index (Phi) is 1.68. The zero-order valence-corrected chi connectivity index (χ0v) is 8.94. The van der Waals surface area contributed by atoms with Gasteiger partial charge >= 0.3 is 0 Å². The van der Waals surface area contributed by atoms with Crippen LogP contribution in [0.25, 0.3) is 0 Å². The molecule has 2 saturated carbocycles. The molecule has 0 radical (unpaired) electrons. The van der Waals surface area contributed by atoms with Crippen molar-refractivity contribution in [2.45, 2.75) is 26.7 Å². The van der Waals surface area contributed by atoms with E-state index < -0.39 is 0 Å². The minimum atomic E-state index is 0.414. The van der Waals surface area contributed by atoms with E-state index in [0.29, 0.717) is 35.4 Å². The molecule has 0 N–H and O–H groups in total. The van der Waals surface area contributed by atoms with Crippen LogP contribution < -0.4 is 0 Å². The van der Waals surface area contributed by atoms with Gasteiger partial charge in [0.05, 0.1) is 0 Å². The predicted molar refractivity (Wildman–Crippen MR) is 55.7 cm³/mol. The maximum absolute atomic E-state index is 11.9. The fourth-order valence-electron chi connectivity index (χ4n) is 4.08. The van der Waals surface area contributed by atoms with Crippen molar-refractivity contribution in [1.29, 1.82) is 0 Å². The molecule has 2 fully saturated rings. The summed E-state index contributed by atoms with van der Waals surface area (Å²) in [6, 6.07) is 0. The highest BCUT2D eigenvalue weighted by molar-refractivity contribution is 5.85. The average molecular weight is 190 g/mol. The van der Waals surface area contributed by atoms with Gasteiger partial charge in [-0.1, -0.05) is 26.0 Å². The molecule has 0 aromatic heterocycles. The Hall–Kier alpha value is -0.590. The van der Waals surface area contributed by atoms with Gasteiger partial charge in [-0.3, -0.25) is 4.79 Å². The van der Waals surface area contributed by atoms with Crippen LogP contribution in [0.1, 0.15) is 26.7 Å². The molecule has 76 valence electrons. The van der Waals surface area contributed by atoms with Crippen LogP contribution in [0.2, 0.25) is 0 Å². The van der Waals surface area contributed by atoms with Crippen LogP contribution in [0, 0.1) is 35.5 Å². The third-order valence-corrected chi connectivity index (χ3v) is 4.68. The minimum absolute atomic E-state index is 0.414. The number of ketones is 1. The van der Waals surface area contributed by atoms with Crippen LogP contribution in [0.3, 0.4) is 0 Å². The minimum Gasteiger partial charge on any atom is -0.299 e. The maximum Gasteiger partial charge on any atom is 0.137 e. The monoisotopic (exact) mass is 190 g/mol. The van der Waals surface area contributed by atoms with E-state index in [1.54, 1.807) is 0 Å².